The van der Waals surface area contributed by atoms with E-state index in [1.54, 1.807) is 6.20 Å². The van der Waals surface area contributed by atoms with Gasteiger partial charge in [-0.05, 0) is 11.0 Å². The van der Waals surface area contributed by atoms with E-state index in [2.05, 4.69) is 16.1 Å². The summed E-state index contributed by atoms with van der Waals surface area (Å²) >= 11 is 0. The molecule has 1 atom stereocenters. The van der Waals surface area contributed by atoms with E-state index in [1.807, 2.05) is 13.0 Å². The van der Waals surface area contributed by atoms with E-state index in [4.69, 9.17) is 6.42 Å². The molecular weight excluding hydrogens is 100 g/mol. The van der Waals surface area contributed by atoms with Gasteiger partial charge in [0.2, 0.25) is 0 Å². The lowest BCUT2D eigenvalue weighted by atomic mass is 10.1. The minimum atomic E-state index is -0.333. The number of hydrogen-bond acceptors (Lipinski definition) is 1. The number of terminal acetylenes is 1. The van der Waals surface area contributed by atoms with Gasteiger partial charge < -0.3 is 0 Å². The molecular formula is C6H7N2+. The summed E-state index contributed by atoms with van der Waals surface area (Å²) < 4.78 is 0. The van der Waals surface area contributed by atoms with Crippen molar-refractivity contribution in [2.24, 2.45) is 5.11 Å². The topological polar surface area (TPSA) is 26.3 Å². The van der Waals surface area contributed by atoms with Crippen LogP contribution in [0.4, 0.5) is 0 Å². The van der Waals surface area contributed by atoms with Gasteiger partial charge in [-0.15, -0.1) is 11.5 Å². The second-order valence-electron chi connectivity index (χ2n) is 1.90. The van der Waals surface area contributed by atoms with E-state index in [1.165, 1.54) is 0 Å². The normalized spacial score (nSPS) is 33.0. The van der Waals surface area contributed by atoms with E-state index < -0.39 is 0 Å². The highest BCUT2D eigenvalue weighted by molar-refractivity contribution is 5.16. The maximum Gasteiger partial charge on any atom is 0.263 e. The summed E-state index contributed by atoms with van der Waals surface area (Å²) in [5.74, 6) is 2.55. The molecule has 1 unspecified atom stereocenters. The maximum atomic E-state index is 5.14. The smallest absolute Gasteiger partial charge is 0.117 e. The molecule has 2 heteroatoms. The summed E-state index contributed by atoms with van der Waals surface area (Å²) in [6.45, 7) is 1.89. The Morgan fingerprint density at radius 1 is 1.88 bits per heavy atom. The minimum absolute atomic E-state index is 0.333. The van der Waals surface area contributed by atoms with Crippen LogP contribution in [0, 0.1) is 12.3 Å². The molecule has 0 aromatic heterocycles. The molecule has 0 radical (unpaired) electrons. The Morgan fingerprint density at radius 3 is 2.88 bits per heavy atom. The van der Waals surface area contributed by atoms with E-state index in [0.29, 0.717) is 0 Å². The average Bonchev–Trinajstić information content (AvgIpc) is 2.17. The first-order valence-corrected chi connectivity index (χ1v) is 2.39. The standard InChI is InChI=1S/C6H6N2/c1-3-6(2)4-5-7-8-6/h1,4-5H,2H3/p+1. The molecule has 0 bridgehead atoms. The van der Waals surface area contributed by atoms with Crippen LogP contribution in [0.3, 0.4) is 0 Å². The number of nitrogens with one attached hydrogen (secondary N) is 1. The van der Waals surface area contributed by atoms with Gasteiger partial charge in [0.1, 0.15) is 0 Å². The Bertz CT molecular complexity index is 171. The third-order valence-electron chi connectivity index (χ3n) is 1.08. The quantitative estimate of drug-likeness (QED) is 0.402. The molecule has 0 saturated carbocycles. The molecule has 1 aliphatic heterocycles. The molecule has 0 saturated heterocycles. The van der Waals surface area contributed by atoms with Crippen LogP contribution >= 0.6 is 0 Å². The number of hydrogen-bond donors (Lipinski definition) is 1. The van der Waals surface area contributed by atoms with Gasteiger partial charge >= 0.3 is 0 Å². The summed E-state index contributed by atoms with van der Waals surface area (Å²) in [5.41, 5.74) is -0.333. The van der Waals surface area contributed by atoms with Crippen LogP contribution in [0.5, 0.6) is 0 Å². The molecule has 0 aromatic carbocycles. The fourth-order valence-corrected chi connectivity index (χ4v) is 0.475. The van der Waals surface area contributed by atoms with Gasteiger partial charge in [0.05, 0.1) is 6.20 Å². The lowest BCUT2D eigenvalue weighted by Crippen LogP contribution is -2.78. The zero-order valence-corrected chi connectivity index (χ0v) is 4.68. The highest BCUT2D eigenvalue weighted by Crippen LogP contribution is 1.98. The van der Waals surface area contributed by atoms with Crippen LogP contribution in [0.25, 0.3) is 0 Å². The van der Waals surface area contributed by atoms with Gasteiger partial charge in [0.15, 0.2) is 0 Å². The Hall–Kier alpha value is -1.10. The Labute approximate surface area is 48.3 Å². The predicted octanol–water partition coefficient (Wildman–Crippen LogP) is -0.562. The van der Waals surface area contributed by atoms with Crippen molar-refractivity contribution in [3.8, 4) is 12.3 Å². The lowest BCUT2D eigenvalue weighted by Gasteiger charge is -1.96. The monoisotopic (exact) mass is 107 g/mol. The van der Waals surface area contributed by atoms with E-state index >= 15 is 0 Å². The predicted molar refractivity (Wildman–Crippen MR) is 29.8 cm³/mol. The fourth-order valence-electron chi connectivity index (χ4n) is 0.475. The van der Waals surface area contributed by atoms with Crippen molar-refractivity contribution < 1.29 is 5.11 Å². The number of azo groups is 1. The van der Waals surface area contributed by atoms with E-state index in [0.717, 1.165) is 0 Å². The SMILES string of the molecule is C#CC1(C)C=CN=[NH+]1. The third-order valence-corrected chi connectivity index (χ3v) is 1.08. The van der Waals surface area contributed by atoms with Crippen LogP contribution in [-0.2, 0) is 0 Å². The van der Waals surface area contributed by atoms with Crippen LogP contribution in [0.2, 0.25) is 0 Å². The first-order valence-electron chi connectivity index (χ1n) is 2.39. The molecule has 0 fully saturated rings. The molecule has 1 rings (SSSR count). The van der Waals surface area contributed by atoms with Crippen molar-refractivity contribution in [2.45, 2.75) is 12.5 Å². The van der Waals surface area contributed by atoms with Gasteiger partial charge in [0, 0.05) is 13.0 Å². The largest absolute Gasteiger partial charge is 0.263 e. The molecule has 0 amide bonds. The molecule has 1 heterocycles. The molecule has 8 heavy (non-hydrogen) atoms. The van der Waals surface area contributed by atoms with Crippen molar-refractivity contribution in [1.82, 2.24) is 0 Å². The van der Waals surface area contributed by atoms with Crippen molar-refractivity contribution >= 4 is 0 Å². The van der Waals surface area contributed by atoms with Gasteiger partial charge in [-0.3, -0.25) is 0 Å². The molecule has 0 aliphatic carbocycles. The van der Waals surface area contributed by atoms with E-state index in [9.17, 15) is 0 Å². The highest BCUT2D eigenvalue weighted by Gasteiger charge is 2.25. The van der Waals surface area contributed by atoms with Crippen LogP contribution < -0.4 is 5.11 Å². The second-order valence-corrected chi connectivity index (χ2v) is 1.90. The average molecular weight is 107 g/mol. The number of nitrogens with zero attached hydrogens (tertiary/aromatic N) is 1. The molecule has 2 nitrogen and oxygen atoms in total. The molecule has 0 spiro atoms. The van der Waals surface area contributed by atoms with E-state index in [-0.39, 0.29) is 5.54 Å². The fraction of sp³-hybridized carbons (Fsp3) is 0.333. The highest BCUT2D eigenvalue weighted by atomic mass is 15.2. The minimum Gasteiger partial charge on any atom is -0.117 e. The van der Waals surface area contributed by atoms with Crippen LogP contribution in [0.15, 0.2) is 17.4 Å². The zero-order chi connectivity index (χ0) is 6.04. The van der Waals surface area contributed by atoms with Crippen LogP contribution in [-0.4, -0.2) is 5.54 Å². The first kappa shape index (κ1) is 5.04. The van der Waals surface area contributed by atoms with Crippen molar-refractivity contribution in [3.63, 3.8) is 0 Å². The maximum absolute atomic E-state index is 5.14. The summed E-state index contributed by atoms with van der Waals surface area (Å²) in [4.78, 5) is 0. The van der Waals surface area contributed by atoms with Gasteiger partial charge in [-0.1, -0.05) is 0 Å². The Balaban J connectivity index is 2.89. The summed E-state index contributed by atoms with van der Waals surface area (Å²) in [5, 5.41) is 6.49. The van der Waals surface area contributed by atoms with Crippen molar-refractivity contribution in [2.75, 3.05) is 0 Å². The molecule has 1 aliphatic rings. The van der Waals surface area contributed by atoms with Gasteiger partial charge in [-0.2, -0.15) is 0 Å². The molecule has 0 aromatic rings. The first-order chi connectivity index (χ1) is 3.77. The Morgan fingerprint density at radius 2 is 2.62 bits per heavy atom. The summed E-state index contributed by atoms with van der Waals surface area (Å²) in [6, 6.07) is 0. The van der Waals surface area contributed by atoms with Crippen molar-refractivity contribution in [1.29, 1.82) is 0 Å². The van der Waals surface area contributed by atoms with Crippen molar-refractivity contribution in [3.05, 3.63) is 12.3 Å². The van der Waals surface area contributed by atoms with Gasteiger partial charge in [0.25, 0.3) is 5.54 Å². The second kappa shape index (κ2) is 1.45. The van der Waals surface area contributed by atoms with Crippen LogP contribution in [0.1, 0.15) is 6.92 Å². The number of rotatable bonds is 0. The summed E-state index contributed by atoms with van der Waals surface area (Å²) in [6.07, 6.45) is 8.65. The van der Waals surface area contributed by atoms with Gasteiger partial charge in [-0.25, -0.2) is 0 Å². The molecule has 40 valence electrons. The lowest BCUT2D eigenvalue weighted by molar-refractivity contribution is -0.573. The Kier molecular flexibility index (Phi) is 0.911. The summed E-state index contributed by atoms with van der Waals surface area (Å²) in [7, 11) is 0. The molecule has 1 N–H and O–H groups in total. The third kappa shape index (κ3) is 0.627. The zero-order valence-electron chi connectivity index (χ0n) is 4.68.